The van der Waals surface area contributed by atoms with Crippen LogP contribution in [0.15, 0.2) is 80.7 Å². The predicted molar refractivity (Wildman–Crippen MR) is 123 cm³/mol. The third kappa shape index (κ3) is 4.36. The number of benzene rings is 2. The highest BCUT2D eigenvalue weighted by Crippen LogP contribution is 2.33. The van der Waals surface area contributed by atoms with Crippen molar-refractivity contribution < 1.29 is 26.1 Å². The van der Waals surface area contributed by atoms with Gasteiger partial charge in [-0.15, -0.1) is 11.3 Å². The van der Waals surface area contributed by atoms with Gasteiger partial charge in [0.05, 0.1) is 16.2 Å². The second kappa shape index (κ2) is 8.41. The van der Waals surface area contributed by atoms with Crippen molar-refractivity contribution in [3.63, 3.8) is 0 Å². The Balaban J connectivity index is 1.42. The Morgan fingerprint density at radius 1 is 1.03 bits per heavy atom. The van der Waals surface area contributed by atoms with Crippen LogP contribution in [0.25, 0.3) is 10.6 Å². The molecule has 0 radical (unpaired) electrons. The van der Waals surface area contributed by atoms with Crippen molar-refractivity contribution in [1.82, 2.24) is 5.16 Å². The van der Waals surface area contributed by atoms with E-state index < -0.39 is 21.8 Å². The molecule has 174 valence electrons. The number of fused-ring (bicyclic) bond motifs is 1. The zero-order chi connectivity index (χ0) is 23.9. The molecule has 1 N–H and O–H groups in total. The van der Waals surface area contributed by atoms with E-state index in [1.54, 1.807) is 36.4 Å². The molecule has 5 rings (SSSR count). The van der Waals surface area contributed by atoms with E-state index >= 15 is 0 Å². The fourth-order valence-electron chi connectivity index (χ4n) is 3.71. The molecule has 34 heavy (non-hydrogen) atoms. The Morgan fingerprint density at radius 3 is 2.65 bits per heavy atom. The van der Waals surface area contributed by atoms with Crippen LogP contribution >= 0.6 is 11.3 Å². The Bertz CT molecular complexity index is 1490. The average molecular weight is 504 g/mol. The number of thiophene rings is 1. The number of alkyl halides is 3. The van der Waals surface area contributed by atoms with E-state index in [9.17, 15) is 21.6 Å². The van der Waals surface area contributed by atoms with E-state index in [0.29, 0.717) is 51.6 Å². The summed E-state index contributed by atoms with van der Waals surface area (Å²) in [5, 5.41) is 3.81. The Hall–Kier alpha value is -3.44. The quantitative estimate of drug-likeness (QED) is 0.383. The number of hydrogen-bond donors (Lipinski definition) is 1. The normalized spacial score (nSPS) is 13.9. The highest BCUT2D eigenvalue weighted by atomic mass is 32.2. The van der Waals surface area contributed by atoms with Crippen molar-refractivity contribution >= 4 is 32.8 Å². The van der Waals surface area contributed by atoms with Crippen LogP contribution in [-0.4, -0.2) is 25.8 Å². The van der Waals surface area contributed by atoms with Gasteiger partial charge >= 0.3 is 6.18 Å². The third-order valence-corrected chi connectivity index (χ3v) is 8.24. The van der Waals surface area contributed by atoms with Crippen molar-refractivity contribution in [2.75, 3.05) is 11.3 Å². The maximum absolute atomic E-state index is 13.1. The van der Waals surface area contributed by atoms with Crippen molar-refractivity contribution in [2.24, 2.45) is 4.99 Å². The zero-order valence-corrected chi connectivity index (χ0v) is 19.0. The van der Waals surface area contributed by atoms with Crippen molar-refractivity contribution in [3.05, 3.63) is 89.2 Å². The van der Waals surface area contributed by atoms with Crippen LogP contribution in [-0.2, 0) is 22.6 Å². The van der Waals surface area contributed by atoms with Gasteiger partial charge in [0.25, 0.3) is 10.0 Å². The molecule has 0 saturated carbocycles. The number of aromatic nitrogens is 1. The molecule has 0 bridgehead atoms. The second-order valence-electron chi connectivity index (χ2n) is 7.54. The largest absolute Gasteiger partial charge is 0.416 e. The van der Waals surface area contributed by atoms with Gasteiger partial charge in [-0.3, -0.25) is 9.71 Å². The van der Waals surface area contributed by atoms with Gasteiger partial charge in [-0.05, 0) is 48.4 Å². The molecule has 2 aromatic carbocycles. The molecule has 1 aliphatic rings. The monoisotopic (exact) mass is 503 g/mol. The smallest absolute Gasteiger partial charge is 0.364 e. The van der Waals surface area contributed by atoms with Crippen molar-refractivity contribution in [1.29, 1.82) is 0 Å². The van der Waals surface area contributed by atoms with E-state index in [4.69, 9.17) is 4.52 Å². The minimum absolute atomic E-state index is 0.107. The van der Waals surface area contributed by atoms with Gasteiger partial charge in [-0.1, -0.05) is 23.4 Å². The number of hydrogen-bond acceptors (Lipinski definition) is 6. The molecule has 6 nitrogen and oxygen atoms in total. The van der Waals surface area contributed by atoms with E-state index in [0.717, 1.165) is 23.5 Å². The molecular weight excluding hydrogens is 487 g/mol. The first-order chi connectivity index (χ1) is 16.2. The summed E-state index contributed by atoms with van der Waals surface area (Å²) in [6, 6.07) is 15.0. The zero-order valence-electron chi connectivity index (χ0n) is 17.3. The predicted octanol–water partition coefficient (Wildman–Crippen LogP) is 5.62. The lowest BCUT2D eigenvalue weighted by Crippen LogP contribution is -2.17. The summed E-state index contributed by atoms with van der Waals surface area (Å²) in [5.74, 6) is 0. The van der Waals surface area contributed by atoms with Crippen molar-refractivity contribution in [2.45, 2.75) is 16.8 Å². The van der Waals surface area contributed by atoms with Crippen LogP contribution in [0.5, 0.6) is 0 Å². The molecule has 0 fully saturated rings. The summed E-state index contributed by atoms with van der Waals surface area (Å²) in [4.78, 5) is 5.15. The minimum Gasteiger partial charge on any atom is -0.364 e. The molecule has 0 aliphatic carbocycles. The minimum atomic E-state index is -4.42. The summed E-state index contributed by atoms with van der Waals surface area (Å²) in [5.41, 5.74) is 2.46. The van der Waals surface area contributed by atoms with E-state index in [-0.39, 0.29) is 4.21 Å². The first kappa shape index (κ1) is 22.4. The molecule has 4 aromatic rings. The topological polar surface area (TPSA) is 84.6 Å². The SMILES string of the molecule is O=S(=O)(Nc1cccc(C2=NCCc3cc(C(F)(F)F)ccc32)c1)c1ccc(-c2ccon2)s1. The molecule has 3 heterocycles. The summed E-state index contributed by atoms with van der Waals surface area (Å²) in [7, 11) is -3.87. The van der Waals surface area contributed by atoms with E-state index in [1.165, 1.54) is 18.4 Å². The molecule has 0 spiro atoms. The number of sulfonamides is 1. The van der Waals surface area contributed by atoms with Crippen molar-refractivity contribution in [3.8, 4) is 10.6 Å². The standard InChI is InChI=1S/C23H16F3N3O3S2/c24-23(25,26)16-4-5-18-14(12-16)8-10-27-22(18)15-2-1-3-17(13-15)29-34(30,31)21-7-6-20(33-21)19-9-11-32-28-19/h1-7,9,11-13,29H,8,10H2. The number of rotatable bonds is 5. The highest BCUT2D eigenvalue weighted by Gasteiger charge is 2.31. The average Bonchev–Trinajstić information content (AvgIpc) is 3.50. The molecule has 0 saturated heterocycles. The van der Waals surface area contributed by atoms with Crippen LogP contribution < -0.4 is 4.72 Å². The Kier molecular flexibility index (Phi) is 5.53. The highest BCUT2D eigenvalue weighted by molar-refractivity contribution is 7.94. The number of aliphatic imine (C=N–C) groups is 1. The molecule has 1 aliphatic heterocycles. The van der Waals surface area contributed by atoms with Crippen LogP contribution in [0.2, 0.25) is 0 Å². The first-order valence-electron chi connectivity index (χ1n) is 10.1. The van der Waals surface area contributed by atoms with Gasteiger partial charge in [-0.25, -0.2) is 8.42 Å². The van der Waals surface area contributed by atoms with E-state index in [1.807, 2.05) is 0 Å². The third-order valence-electron chi connectivity index (χ3n) is 5.26. The summed E-state index contributed by atoms with van der Waals surface area (Å²) >= 11 is 1.05. The molecule has 0 amide bonds. The van der Waals surface area contributed by atoms with Gasteiger partial charge < -0.3 is 4.52 Å². The lowest BCUT2D eigenvalue weighted by molar-refractivity contribution is -0.137. The lowest BCUT2D eigenvalue weighted by atomic mass is 9.91. The maximum Gasteiger partial charge on any atom is 0.416 e. The Morgan fingerprint density at radius 2 is 1.88 bits per heavy atom. The van der Waals surface area contributed by atoms with E-state index in [2.05, 4.69) is 14.9 Å². The number of nitrogens with one attached hydrogen (secondary N) is 1. The molecule has 11 heteroatoms. The summed E-state index contributed by atoms with van der Waals surface area (Å²) in [6.45, 7) is 0.347. The lowest BCUT2D eigenvalue weighted by Gasteiger charge is -2.19. The van der Waals surface area contributed by atoms with Gasteiger partial charge in [0.2, 0.25) is 0 Å². The number of anilines is 1. The first-order valence-corrected chi connectivity index (χ1v) is 12.4. The summed E-state index contributed by atoms with van der Waals surface area (Å²) in [6.07, 6.45) is -2.61. The van der Waals surface area contributed by atoms with Gasteiger partial charge in [-0.2, -0.15) is 13.2 Å². The molecule has 0 atom stereocenters. The van der Waals surface area contributed by atoms with Crippen LogP contribution in [0.1, 0.15) is 22.3 Å². The fraction of sp³-hybridized carbons (Fsp3) is 0.130. The second-order valence-corrected chi connectivity index (χ2v) is 10.5. The van der Waals surface area contributed by atoms with Gasteiger partial charge in [0.1, 0.15) is 16.2 Å². The number of nitrogens with zero attached hydrogens (tertiary/aromatic N) is 2. The van der Waals surface area contributed by atoms with Gasteiger partial charge in [0, 0.05) is 29.4 Å². The molecule has 0 unspecified atom stereocenters. The molecular formula is C23H16F3N3O3S2. The van der Waals surface area contributed by atoms with Crippen LogP contribution in [0.3, 0.4) is 0 Å². The Labute approximate surface area is 196 Å². The maximum atomic E-state index is 13.1. The van der Waals surface area contributed by atoms with Gasteiger partial charge in [0.15, 0.2) is 0 Å². The number of halogens is 3. The molecule has 2 aromatic heterocycles. The van der Waals surface area contributed by atoms with Crippen LogP contribution in [0, 0.1) is 0 Å². The fourth-order valence-corrected chi connectivity index (χ4v) is 6.02. The summed E-state index contributed by atoms with van der Waals surface area (Å²) < 4.78 is 72.6. The van der Waals surface area contributed by atoms with Crippen LogP contribution in [0.4, 0.5) is 18.9 Å².